The molecule has 0 atom stereocenters. The number of rotatable bonds is 6. The maximum atomic E-state index is 13.0. The van der Waals surface area contributed by atoms with Crippen molar-refractivity contribution in [3.63, 3.8) is 0 Å². The summed E-state index contributed by atoms with van der Waals surface area (Å²) in [6, 6.07) is 12.2. The van der Waals surface area contributed by atoms with E-state index in [4.69, 9.17) is 14.8 Å². The van der Waals surface area contributed by atoms with Crippen LogP contribution in [-0.2, 0) is 12.6 Å². The lowest BCUT2D eigenvalue weighted by molar-refractivity contribution is -0.141. The average molecular weight is 506 g/mol. The summed E-state index contributed by atoms with van der Waals surface area (Å²) in [6.45, 7) is 1.60. The topological polar surface area (TPSA) is 83.0 Å². The number of fused-ring (bicyclic) bond motifs is 1. The Labute approximate surface area is 209 Å². The van der Waals surface area contributed by atoms with E-state index in [2.05, 4.69) is 15.1 Å². The smallest absolute Gasteiger partial charge is 0.435 e. The van der Waals surface area contributed by atoms with Gasteiger partial charge in [0, 0.05) is 29.8 Å². The molecule has 0 saturated heterocycles. The lowest BCUT2D eigenvalue weighted by atomic mass is 10.1. The Hall–Kier alpha value is -4.28. The molecule has 188 valence electrons. The quantitative estimate of drug-likeness (QED) is 0.316. The van der Waals surface area contributed by atoms with Gasteiger partial charge in [-0.2, -0.15) is 18.3 Å². The van der Waals surface area contributed by atoms with E-state index in [0.717, 1.165) is 41.3 Å². The molecule has 0 bridgehead atoms. The van der Waals surface area contributed by atoms with E-state index >= 15 is 0 Å². The number of aromatic nitrogens is 7. The minimum Gasteiger partial charge on any atom is -0.480 e. The number of halogens is 3. The van der Waals surface area contributed by atoms with Gasteiger partial charge in [-0.05, 0) is 49.6 Å². The summed E-state index contributed by atoms with van der Waals surface area (Å²) in [5, 5.41) is 8.42. The number of hydrogen-bond acceptors (Lipinski definition) is 6. The van der Waals surface area contributed by atoms with Crippen LogP contribution >= 0.6 is 0 Å². The third kappa shape index (κ3) is 4.30. The third-order valence-electron chi connectivity index (χ3n) is 6.42. The molecule has 8 nitrogen and oxygen atoms in total. The Morgan fingerprint density at radius 3 is 2.51 bits per heavy atom. The van der Waals surface area contributed by atoms with E-state index in [1.165, 1.54) is 11.0 Å². The van der Waals surface area contributed by atoms with E-state index in [1.807, 2.05) is 30.5 Å². The summed E-state index contributed by atoms with van der Waals surface area (Å²) < 4.78 is 47.7. The third-order valence-corrected chi connectivity index (χ3v) is 6.42. The largest absolute Gasteiger partial charge is 0.480 e. The molecule has 1 saturated carbocycles. The molecule has 6 rings (SSSR count). The number of aryl methyl sites for hydroxylation is 1. The highest BCUT2D eigenvalue weighted by Gasteiger charge is 2.34. The standard InChI is InChI=1S/C26H22F3N7O/c1-15-12-20(26(27,28)29)33-36(15)19-9-5-16(6-10-19)13-18-4-3-11-35-24(18)32-23(34-35)21-22(17-7-8-17)30-14-31-25(21)37-2/h3-6,9-12,14,17H,7-8,13H2,1-2H3. The first kappa shape index (κ1) is 23.1. The second-order valence-corrected chi connectivity index (χ2v) is 9.08. The molecule has 0 unspecified atom stereocenters. The number of alkyl halides is 3. The molecule has 1 aromatic carbocycles. The van der Waals surface area contributed by atoms with Crippen molar-refractivity contribution in [2.75, 3.05) is 7.11 Å². The van der Waals surface area contributed by atoms with Gasteiger partial charge in [0.25, 0.3) is 0 Å². The molecule has 0 spiro atoms. The van der Waals surface area contributed by atoms with E-state index in [0.29, 0.717) is 41.1 Å². The normalized spacial score (nSPS) is 13.9. The Bertz CT molecular complexity index is 1600. The zero-order chi connectivity index (χ0) is 25.7. The summed E-state index contributed by atoms with van der Waals surface area (Å²) in [5.41, 5.74) is 4.31. The zero-order valence-electron chi connectivity index (χ0n) is 20.1. The first-order valence-electron chi connectivity index (χ1n) is 11.8. The summed E-state index contributed by atoms with van der Waals surface area (Å²) in [6.07, 6.45) is 1.56. The van der Waals surface area contributed by atoms with Crippen molar-refractivity contribution in [1.82, 2.24) is 34.3 Å². The Morgan fingerprint density at radius 2 is 1.84 bits per heavy atom. The minimum absolute atomic E-state index is 0.363. The van der Waals surface area contributed by atoms with E-state index in [-0.39, 0.29) is 0 Å². The second-order valence-electron chi connectivity index (χ2n) is 9.08. The van der Waals surface area contributed by atoms with Gasteiger partial charge in [-0.3, -0.25) is 0 Å². The monoisotopic (exact) mass is 505 g/mol. The second kappa shape index (κ2) is 8.68. The highest BCUT2D eigenvalue weighted by molar-refractivity contribution is 5.68. The van der Waals surface area contributed by atoms with Gasteiger partial charge in [0.05, 0.1) is 18.5 Å². The van der Waals surface area contributed by atoms with Crippen LogP contribution in [0, 0.1) is 6.92 Å². The highest BCUT2D eigenvalue weighted by Crippen LogP contribution is 2.45. The summed E-state index contributed by atoms with van der Waals surface area (Å²) in [4.78, 5) is 13.6. The lowest BCUT2D eigenvalue weighted by Gasteiger charge is -2.08. The van der Waals surface area contributed by atoms with Gasteiger partial charge in [0.2, 0.25) is 5.88 Å². The van der Waals surface area contributed by atoms with Gasteiger partial charge >= 0.3 is 6.18 Å². The fourth-order valence-electron chi connectivity index (χ4n) is 4.47. The van der Waals surface area contributed by atoms with Gasteiger partial charge in [0.1, 0.15) is 11.9 Å². The van der Waals surface area contributed by atoms with Crippen molar-refractivity contribution in [1.29, 1.82) is 0 Å². The van der Waals surface area contributed by atoms with Crippen molar-refractivity contribution in [3.8, 4) is 23.0 Å². The predicted molar refractivity (Wildman–Crippen MR) is 129 cm³/mol. The van der Waals surface area contributed by atoms with Crippen molar-refractivity contribution >= 4 is 5.65 Å². The first-order valence-corrected chi connectivity index (χ1v) is 11.8. The maximum Gasteiger partial charge on any atom is 0.435 e. The van der Waals surface area contributed by atoms with Crippen molar-refractivity contribution in [2.24, 2.45) is 0 Å². The summed E-state index contributed by atoms with van der Waals surface area (Å²) in [5.74, 6) is 1.33. The molecule has 0 aliphatic heterocycles. The van der Waals surface area contributed by atoms with Crippen LogP contribution in [0.2, 0.25) is 0 Å². The molecule has 37 heavy (non-hydrogen) atoms. The number of hydrogen-bond donors (Lipinski definition) is 0. The van der Waals surface area contributed by atoms with Crippen LogP contribution in [0.1, 0.15) is 47.0 Å². The van der Waals surface area contributed by atoms with Crippen LogP contribution in [0.4, 0.5) is 13.2 Å². The lowest BCUT2D eigenvalue weighted by Crippen LogP contribution is -2.07. The molecule has 4 heterocycles. The van der Waals surface area contributed by atoms with E-state index < -0.39 is 11.9 Å². The number of benzene rings is 1. The number of ether oxygens (including phenoxy) is 1. The van der Waals surface area contributed by atoms with Crippen LogP contribution in [0.15, 0.2) is 55.0 Å². The molecule has 4 aromatic heterocycles. The summed E-state index contributed by atoms with van der Waals surface area (Å²) in [7, 11) is 1.57. The van der Waals surface area contributed by atoms with Crippen molar-refractivity contribution in [2.45, 2.75) is 38.3 Å². The van der Waals surface area contributed by atoms with Gasteiger partial charge in [0.15, 0.2) is 17.2 Å². The Kier molecular flexibility index (Phi) is 5.43. The maximum absolute atomic E-state index is 13.0. The SMILES string of the molecule is COc1ncnc(C2CC2)c1-c1nc2c(Cc3ccc(-n4nc(C(F)(F)F)cc4C)cc3)cccn2n1. The van der Waals surface area contributed by atoms with Crippen LogP contribution < -0.4 is 4.74 Å². The summed E-state index contributed by atoms with van der Waals surface area (Å²) >= 11 is 0. The molecule has 0 N–H and O–H groups in total. The fraction of sp³-hybridized carbons (Fsp3) is 0.269. The van der Waals surface area contributed by atoms with E-state index in [9.17, 15) is 13.2 Å². The molecule has 0 radical (unpaired) electrons. The van der Waals surface area contributed by atoms with Gasteiger partial charge in [-0.25, -0.2) is 24.1 Å². The highest BCUT2D eigenvalue weighted by atomic mass is 19.4. The van der Waals surface area contributed by atoms with Gasteiger partial charge < -0.3 is 4.74 Å². The van der Waals surface area contributed by atoms with Crippen molar-refractivity contribution < 1.29 is 17.9 Å². The van der Waals surface area contributed by atoms with Crippen LogP contribution in [0.3, 0.4) is 0 Å². The number of nitrogens with zero attached hydrogens (tertiary/aromatic N) is 7. The van der Waals surface area contributed by atoms with Gasteiger partial charge in [-0.1, -0.05) is 18.2 Å². The predicted octanol–water partition coefficient (Wildman–Crippen LogP) is 5.18. The zero-order valence-corrected chi connectivity index (χ0v) is 20.1. The van der Waals surface area contributed by atoms with E-state index in [1.54, 1.807) is 30.7 Å². The molecule has 11 heteroatoms. The molecule has 0 amide bonds. The first-order chi connectivity index (χ1) is 17.8. The molecule has 1 fully saturated rings. The molecule has 1 aliphatic rings. The fourth-order valence-corrected chi connectivity index (χ4v) is 4.47. The van der Waals surface area contributed by atoms with Gasteiger partial charge in [-0.15, -0.1) is 5.10 Å². The minimum atomic E-state index is -4.49. The van der Waals surface area contributed by atoms with Crippen LogP contribution in [0.25, 0.3) is 22.7 Å². The van der Waals surface area contributed by atoms with Crippen molar-refractivity contribution in [3.05, 3.63) is 83.2 Å². The Morgan fingerprint density at radius 1 is 1.05 bits per heavy atom. The molecular weight excluding hydrogens is 483 g/mol. The average Bonchev–Trinajstić information content (AvgIpc) is 3.51. The molecule has 1 aliphatic carbocycles. The molecular formula is C26H22F3N7O. The number of pyridine rings is 1. The van der Waals surface area contributed by atoms with Crippen LogP contribution in [-0.4, -0.2) is 41.5 Å². The number of methoxy groups -OCH3 is 1. The van der Waals surface area contributed by atoms with Crippen LogP contribution in [0.5, 0.6) is 5.88 Å². The Balaban J connectivity index is 1.32. The molecule has 5 aromatic rings.